The number of benzene rings is 3. The van der Waals surface area contributed by atoms with Crippen LogP contribution in [0.25, 0.3) is 0 Å². The number of carbonyl (C=O) groups is 1. The Morgan fingerprint density at radius 2 is 1.50 bits per heavy atom. The molecule has 6 nitrogen and oxygen atoms in total. The van der Waals surface area contributed by atoms with E-state index in [1.54, 1.807) is 6.92 Å². The lowest BCUT2D eigenvalue weighted by Gasteiger charge is -2.26. The number of nitro benzene ring substituents is 1. The zero-order chi connectivity index (χ0) is 21.5. The number of carbonyl (C=O) groups excluding carboxylic acids is 1. The van der Waals surface area contributed by atoms with E-state index in [2.05, 4.69) is 5.32 Å². The summed E-state index contributed by atoms with van der Waals surface area (Å²) < 4.78 is 0. The van der Waals surface area contributed by atoms with Crippen molar-refractivity contribution in [1.29, 1.82) is 0 Å². The van der Waals surface area contributed by atoms with Gasteiger partial charge in [-0.1, -0.05) is 60.7 Å². The molecule has 0 bridgehead atoms. The van der Waals surface area contributed by atoms with Crippen LogP contribution < -0.4 is 5.32 Å². The maximum absolute atomic E-state index is 12.7. The molecule has 1 N–H and O–H groups in total. The topological polar surface area (TPSA) is 75.5 Å². The Morgan fingerprint density at radius 3 is 1.97 bits per heavy atom. The number of nitrogens with zero attached hydrogens (tertiary/aromatic N) is 2. The average Bonchev–Trinajstić information content (AvgIpc) is 2.74. The highest BCUT2D eigenvalue weighted by molar-refractivity contribution is 7.80. The van der Waals surface area contributed by atoms with E-state index in [-0.39, 0.29) is 5.69 Å². The molecule has 0 heterocycles. The Hall–Kier alpha value is -3.58. The van der Waals surface area contributed by atoms with Gasteiger partial charge < -0.3 is 4.90 Å². The third-order valence-corrected chi connectivity index (χ3v) is 4.96. The van der Waals surface area contributed by atoms with E-state index in [0.29, 0.717) is 29.3 Å². The molecule has 0 fully saturated rings. The van der Waals surface area contributed by atoms with Gasteiger partial charge in [0.25, 0.3) is 11.6 Å². The first-order valence-corrected chi connectivity index (χ1v) is 9.78. The molecule has 3 aromatic rings. The molecule has 3 rings (SSSR count). The van der Waals surface area contributed by atoms with E-state index < -0.39 is 10.8 Å². The van der Waals surface area contributed by atoms with Crippen LogP contribution in [-0.4, -0.2) is 20.8 Å². The van der Waals surface area contributed by atoms with Crippen LogP contribution in [0.5, 0.6) is 0 Å². The lowest BCUT2D eigenvalue weighted by Crippen LogP contribution is -2.42. The predicted octanol–water partition coefficient (Wildman–Crippen LogP) is 4.62. The Kier molecular flexibility index (Phi) is 6.87. The highest BCUT2D eigenvalue weighted by atomic mass is 32.1. The van der Waals surface area contributed by atoms with Gasteiger partial charge in [0.15, 0.2) is 5.11 Å². The van der Waals surface area contributed by atoms with Crippen molar-refractivity contribution in [2.75, 3.05) is 0 Å². The van der Waals surface area contributed by atoms with Gasteiger partial charge in [-0.05, 0) is 42.4 Å². The molecular formula is C23H21N3O3S. The van der Waals surface area contributed by atoms with Crippen molar-refractivity contribution in [1.82, 2.24) is 10.2 Å². The standard InChI is InChI=1S/C23H21N3O3S/c1-17-14-20(12-13-21(17)26(28)29)22(27)24-23(30)25(15-18-8-4-2-5-9-18)16-19-10-6-3-7-11-19/h2-14H,15-16H2,1H3,(H,24,27,30). The molecule has 30 heavy (non-hydrogen) atoms. The Labute approximate surface area is 180 Å². The smallest absolute Gasteiger partial charge is 0.272 e. The number of aryl methyl sites for hydroxylation is 1. The number of rotatable bonds is 6. The van der Waals surface area contributed by atoms with E-state index in [9.17, 15) is 14.9 Å². The zero-order valence-electron chi connectivity index (χ0n) is 16.4. The normalized spacial score (nSPS) is 10.3. The van der Waals surface area contributed by atoms with Crippen LogP contribution in [0.2, 0.25) is 0 Å². The molecule has 3 aromatic carbocycles. The van der Waals surface area contributed by atoms with Gasteiger partial charge in [-0.25, -0.2) is 0 Å². The van der Waals surface area contributed by atoms with Gasteiger partial charge in [0.1, 0.15) is 0 Å². The molecule has 7 heteroatoms. The first-order chi connectivity index (χ1) is 14.4. The monoisotopic (exact) mass is 419 g/mol. The molecule has 152 valence electrons. The van der Waals surface area contributed by atoms with Crippen LogP contribution in [-0.2, 0) is 13.1 Å². The zero-order valence-corrected chi connectivity index (χ0v) is 17.3. The molecule has 0 spiro atoms. The minimum Gasteiger partial charge on any atom is -0.340 e. The number of hydrogen-bond acceptors (Lipinski definition) is 4. The van der Waals surface area contributed by atoms with E-state index in [4.69, 9.17) is 12.2 Å². The van der Waals surface area contributed by atoms with Gasteiger partial charge in [-0.15, -0.1) is 0 Å². The van der Waals surface area contributed by atoms with Crippen molar-refractivity contribution in [2.45, 2.75) is 20.0 Å². The number of nitrogens with one attached hydrogen (secondary N) is 1. The molecule has 0 radical (unpaired) electrons. The third-order valence-electron chi connectivity index (χ3n) is 4.60. The SMILES string of the molecule is Cc1cc(C(=O)NC(=S)N(Cc2ccccc2)Cc2ccccc2)ccc1[N+](=O)[O-]. The van der Waals surface area contributed by atoms with E-state index in [1.165, 1.54) is 18.2 Å². The number of hydrogen-bond donors (Lipinski definition) is 1. The minimum absolute atomic E-state index is 0.0242. The summed E-state index contributed by atoms with van der Waals surface area (Å²) in [6, 6.07) is 24.0. The van der Waals surface area contributed by atoms with Crippen molar-refractivity contribution in [3.8, 4) is 0 Å². The molecule has 0 aliphatic heterocycles. The molecule has 0 atom stereocenters. The van der Waals surface area contributed by atoms with Gasteiger partial charge in [-0.2, -0.15) is 0 Å². The van der Waals surface area contributed by atoms with Crippen LogP contribution in [0, 0.1) is 17.0 Å². The summed E-state index contributed by atoms with van der Waals surface area (Å²) in [5, 5.41) is 14.1. The van der Waals surface area contributed by atoms with Crippen molar-refractivity contribution in [2.24, 2.45) is 0 Å². The van der Waals surface area contributed by atoms with Crippen LogP contribution in [0.3, 0.4) is 0 Å². The van der Waals surface area contributed by atoms with Crippen molar-refractivity contribution >= 4 is 28.9 Å². The van der Waals surface area contributed by atoms with Crippen molar-refractivity contribution in [3.05, 3.63) is 111 Å². The highest BCUT2D eigenvalue weighted by Gasteiger charge is 2.17. The van der Waals surface area contributed by atoms with Crippen molar-refractivity contribution in [3.63, 3.8) is 0 Å². The van der Waals surface area contributed by atoms with E-state index in [0.717, 1.165) is 11.1 Å². The minimum atomic E-state index is -0.469. The number of nitro groups is 1. The maximum atomic E-state index is 12.7. The lowest BCUT2D eigenvalue weighted by atomic mass is 10.1. The summed E-state index contributed by atoms with van der Waals surface area (Å²) in [6.07, 6.45) is 0. The third kappa shape index (κ3) is 5.48. The van der Waals surface area contributed by atoms with Gasteiger partial charge in [0.2, 0.25) is 0 Å². The second-order valence-electron chi connectivity index (χ2n) is 6.84. The Bertz CT molecular complexity index is 1010. The van der Waals surface area contributed by atoms with E-state index >= 15 is 0 Å². The lowest BCUT2D eigenvalue weighted by molar-refractivity contribution is -0.385. The average molecular weight is 420 g/mol. The van der Waals surface area contributed by atoms with Gasteiger partial charge in [0, 0.05) is 30.3 Å². The summed E-state index contributed by atoms with van der Waals surface area (Å²) in [5.74, 6) is -0.399. The second-order valence-corrected chi connectivity index (χ2v) is 7.23. The number of thiocarbonyl (C=S) groups is 1. The Balaban J connectivity index is 1.77. The maximum Gasteiger partial charge on any atom is 0.272 e. The quantitative estimate of drug-likeness (QED) is 0.358. The second kappa shape index (κ2) is 9.76. The fourth-order valence-electron chi connectivity index (χ4n) is 3.06. The first kappa shape index (κ1) is 21.1. The fraction of sp³-hybridized carbons (Fsp3) is 0.130. The molecule has 0 saturated heterocycles. The molecule has 0 saturated carbocycles. The summed E-state index contributed by atoms with van der Waals surface area (Å²) >= 11 is 5.54. The van der Waals surface area contributed by atoms with Crippen LogP contribution in [0.15, 0.2) is 78.9 Å². The van der Waals surface area contributed by atoms with Gasteiger partial charge >= 0.3 is 0 Å². The van der Waals surface area contributed by atoms with Crippen LogP contribution in [0.1, 0.15) is 27.0 Å². The van der Waals surface area contributed by atoms with Crippen LogP contribution >= 0.6 is 12.2 Å². The highest BCUT2D eigenvalue weighted by Crippen LogP contribution is 2.19. The Morgan fingerprint density at radius 1 is 0.967 bits per heavy atom. The summed E-state index contributed by atoms with van der Waals surface area (Å²) in [7, 11) is 0. The van der Waals surface area contributed by atoms with E-state index in [1.807, 2.05) is 65.6 Å². The van der Waals surface area contributed by atoms with Gasteiger partial charge in [0.05, 0.1) is 4.92 Å². The first-order valence-electron chi connectivity index (χ1n) is 9.37. The summed E-state index contributed by atoms with van der Waals surface area (Å²) in [4.78, 5) is 25.1. The molecule has 0 aliphatic rings. The molecule has 1 amide bonds. The number of amides is 1. The van der Waals surface area contributed by atoms with Crippen molar-refractivity contribution < 1.29 is 9.72 Å². The fourth-order valence-corrected chi connectivity index (χ4v) is 3.28. The predicted molar refractivity (Wildman–Crippen MR) is 120 cm³/mol. The molecule has 0 aromatic heterocycles. The largest absolute Gasteiger partial charge is 0.340 e. The molecule has 0 unspecified atom stereocenters. The van der Waals surface area contributed by atoms with Gasteiger partial charge in [-0.3, -0.25) is 20.2 Å². The molecule has 0 aliphatic carbocycles. The summed E-state index contributed by atoms with van der Waals surface area (Å²) in [6.45, 7) is 2.67. The molecular weight excluding hydrogens is 398 g/mol. The van der Waals surface area contributed by atoms with Crippen LogP contribution in [0.4, 0.5) is 5.69 Å². The summed E-state index contributed by atoms with van der Waals surface area (Å²) in [5.41, 5.74) is 2.85.